The Balaban J connectivity index is 1.23. The molecule has 2 heterocycles. The smallest absolute Gasteiger partial charge is 0.230 e. The van der Waals surface area contributed by atoms with E-state index in [-0.39, 0.29) is 11.9 Å². The first-order valence-corrected chi connectivity index (χ1v) is 12.8. The van der Waals surface area contributed by atoms with Crippen molar-refractivity contribution in [1.29, 1.82) is 0 Å². The number of furan rings is 1. The Morgan fingerprint density at radius 2 is 1.87 bits per heavy atom. The van der Waals surface area contributed by atoms with Crippen LogP contribution in [0.1, 0.15) is 59.3 Å². The van der Waals surface area contributed by atoms with Gasteiger partial charge in [0.25, 0.3) is 0 Å². The summed E-state index contributed by atoms with van der Waals surface area (Å²) in [7, 11) is 0. The van der Waals surface area contributed by atoms with Gasteiger partial charge in [-0.2, -0.15) is 0 Å². The van der Waals surface area contributed by atoms with Gasteiger partial charge in [0.1, 0.15) is 0 Å². The van der Waals surface area contributed by atoms with E-state index in [4.69, 9.17) is 4.42 Å². The van der Waals surface area contributed by atoms with E-state index in [9.17, 15) is 4.79 Å². The zero-order chi connectivity index (χ0) is 21.6. The van der Waals surface area contributed by atoms with E-state index in [0.29, 0.717) is 22.8 Å². The topological polar surface area (TPSA) is 73.0 Å². The molecule has 0 aliphatic heterocycles. The Kier molecular flexibility index (Phi) is 5.65. The van der Waals surface area contributed by atoms with Gasteiger partial charge in [-0.05, 0) is 86.7 Å². The van der Waals surface area contributed by atoms with Crippen molar-refractivity contribution in [2.45, 2.75) is 77.0 Å². The maximum Gasteiger partial charge on any atom is 0.230 e. The van der Waals surface area contributed by atoms with Gasteiger partial charge < -0.3 is 9.73 Å². The first kappa shape index (κ1) is 21.1. The molecular formula is C24H34N4O2S. The van der Waals surface area contributed by atoms with Crippen molar-refractivity contribution in [3.05, 3.63) is 18.4 Å². The Morgan fingerprint density at radius 1 is 1.19 bits per heavy atom. The Morgan fingerprint density at radius 3 is 2.45 bits per heavy atom. The third kappa shape index (κ3) is 4.18. The van der Waals surface area contributed by atoms with Crippen LogP contribution < -0.4 is 5.32 Å². The Hall–Kier alpha value is -1.76. The summed E-state index contributed by atoms with van der Waals surface area (Å²) in [4.78, 5) is 12.9. The molecule has 31 heavy (non-hydrogen) atoms. The Labute approximate surface area is 188 Å². The molecule has 1 N–H and O–H groups in total. The van der Waals surface area contributed by atoms with Crippen molar-refractivity contribution < 1.29 is 9.21 Å². The fraction of sp³-hybridized carbons (Fsp3) is 0.708. The van der Waals surface area contributed by atoms with Gasteiger partial charge in [-0.1, -0.05) is 25.6 Å². The van der Waals surface area contributed by atoms with Crippen molar-refractivity contribution in [3.8, 4) is 11.6 Å². The number of rotatable bonds is 8. The lowest BCUT2D eigenvalue weighted by atomic mass is 9.48. The normalized spacial score (nSPS) is 30.1. The number of hydrogen-bond acceptors (Lipinski definition) is 5. The quantitative estimate of drug-likeness (QED) is 0.582. The van der Waals surface area contributed by atoms with Gasteiger partial charge >= 0.3 is 0 Å². The summed E-state index contributed by atoms with van der Waals surface area (Å²) in [5, 5.41) is 12.9. The number of carbonyl (C=O) groups excluding carboxylic acids is 1. The zero-order valence-corrected chi connectivity index (χ0v) is 19.7. The van der Waals surface area contributed by atoms with Crippen LogP contribution in [0.15, 0.2) is 28.0 Å². The molecule has 6 rings (SSSR count). The molecule has 4 fully saturated rings. The number of aromatic nitrogens is 3. The minimum absolute atomic E-state index is 0.104. The molecule has 2 aromatic rings. The molecule has 4 aliphatic rings. The molecule has 0 radical (unpaired) electrons. The monoisotopic (exact) mass is 442 g/mol. The highest BCUT2D eigenvalue weighted by molar-refractivity contribution is 7.99. The second-order valence-corrected chi connectivity index (χ2v) is 11.6. The van der Waals surface area contributed by atoms with Crippen LogP contribution in [0.4, 0.5) is 0 Å². The summed E-state index contributed by atoms with van der Waals surface area (Å²) < 4.78 is 7.61. The lowest BCUT2D eigenvalue weighted by Gasteiger charge is -2.59. The second kappa shape index (κ2) is 8.30. The standard InChI is InChI=1S/C24H34N4O2S/c1-15(2)13-28-22(20-5-4-6-30-20)26-27-23(28)31-14-21(29)25-16(3)24-10-17-7-18(11-24)9-19(8-17)12-24/h4-6,15-19H,7-14H2,1-3H3,(H,25,29)/t16-,17?,18?,19?,24?/m0/s1. The molecule has 168 valence electrons. The maximum atomic E-state index is 12.9. The first-order valence-electron chi connectivity index (χ1n) is 11.8. The summed E-state index contributed by atoms with van der Waals surface area (Å²) in [5.41, 5.74) is 0.333. The van der Waals surface area contributed by atoms with E-state index in [1.807, 2.05) is 12.1 Å². The van der Waals surface area contributed by atoms with Gasteiger partial charge in [-0.3, -0.25) is 9.36 Å². The van der Waals surface area contributed by atoms with Crippen LogP contribution in [0.3, 0.4) is 0 Å². The van der Waals surface area contributed by atoms with Crippen LogP contribution in [0.5, 0.6) is 0 Å². The maximum absolute atomic E-state index is 12.9. The predicted molar refractivity (Wildman–Crippen MR) is 121 cm³/mol. The van der Waals surface area contributed by atoms with Crippen LogP contribution in [0.2, 0.25) is 0 Å². The molecular weight excluding hydrogens is 408 g/mol. The third-order valence-corrected chi connectivity index (χ3v) is 8.69. The van der Waals surface area contributed by atoms with E-state index in [2.05, 4.69) is 40.9 Å². The number of nitrogens with zero attached hydrogens (tertiary/aromatic N) is 3. The summed E-state index contributed by atoms with van der Waals surface area (Å²) >= 11 is 1.47. The first-order chi connectivity index (χ1) is 14.9. The number of hydrogen-bond donors (Lipinski definition) is 1. The number of amides is 1. The SMILES string of the molecule is CC(C)Cn1c(SCC(=O)N[C@@H](C)C23CC4CC(CC(C4)C2)C3)nnc1-c1ccco1. The van der Waals surface area contributed by atoms with E-state index in [0.717, 1.165) is 35.3 Å². The average molecular weight is 443 g/mol. The molecule has 1 atom stereocenters. The lowest BCUT2D eigenvalue weighted by molar-refractivity contribution is -0.123. The summed E-state index contributed by atoms with van der Waals surface area (Å²) in [5.74, 6) is 5.04. The highest BCUT2D eigenvalue weighted by Gasteiger charge is 2.53. The van der Waals surface area contributed by atoms with Crippen molar-refractivity contribution in [2.24, 2.45) is 29.1 Å². The van der Waals surface area contributed by atoms with Gasteiger partial charge in [0.15, 0.2) is 16.7 Å². The molecule has 4 bridgehead atoms. The molecule has 6 nitrogen and oxygen atoms in total. The van der Waals surface area contributed by atoms with Crippen molar-refractivity contribution in [3.63, 3.8) is 0 Å². The van der Waals surface area contributed by atoms with Crippen LogP contribution in [0, 0.1) is 29.1 Å². The van der Waals surface area contributed by atoms with Crippen LogP contribution >= 0.6 is 11.8 Å². The average Bonchev–Trinajstić information content (AvgIpc) is 3.35. The van der Waals surface area contributed by atoms with E-state index < -0.39 is 0 Å². The molecule has 0 aromatic carbocycles. The predicted octanol–water partition coefficient (Wildman–Crippen LogP) is 5.01. The van der Waals surface area contributed by atoms with E-state index in [1.54, 1.807) is 6.26 Å². The molecule has 1 amide bonds. The number of thioether (sulfide) groups is 1. The van der Waals surface area contributed by atoms with Crippen LogP contribution in [-0.2, 0) is 11.3 Å². The van der Waals surface area contributed by atoms with E-state index in [1.165, 1.54) is 50.3 Å². The molecule has 7 heteroatoms. The van der Waals surface area contributed by atoms with Gasteiger partial charge in [-0.15, -0.1) is 10.2 Å². The molecule has 0 unspecified atom stereocenters. The van der Waals surface area contributed by atoms with Crippen molar-refractivity contribution in [1.82, 2.24) is 20.1 Å². The van der Waals surface area contributed by atoms with E-state index >= 15 is 0 Å². The van der Waals surface area contributed by atoms with Gasteiger partial charge in [0.2, 0.25) is 5.91 Å². The lowest BCUT2D eigenvalue weighted by Crippen LogP contribution is -2.56. The van der Waals surface area contributed by atoms with Crippen LogP contribution in [0.25, 0.3) is 11.6 Å². The van der Waals surface area contributed by atoms with Gasteiger partial charge in [0, 0.05) is 12.6 Å². The molecule has 0 saturated heterocycles. The molecule has 4 aliphatic carbocycles. The van der Waals surface area contributed by atoms with Crippen molar-refractivity contribution >= 4 is 17.7 Å². The third-order valence-electron chi connectivity index (χ3n) is 7.72. The largest absolute Gasteiger partial charge is 0.461 e. The fourth-order valence-electron chi connectivity index (χ4n) is 6.79. The molecule has 0 spiro atoms. The second-order valence-electron chi connectivity index (χ2n) is 10.6. The Bertz CT molecular complexity index is 885. The van der Waals surface area contributed by atoms with Gasteiger partial charge in [0.05, 0.1) is 12.0 Å². The summed E-state index contributed by atoms with van der Waals surface area (Å²) in [6.45, 7) is 7.36. The number of nitrogens with one attached hydrogen (secondary N) is 1. The molecule has 2 aromatic heterocycles. The van der Waals surface area contributed by atoms with Crippen LogP contribution in [-0.4, -0.2) is 32.5 Å². The zero-order valence-electron chi connectivity index (χ0n) is 18.8. The van der Waals surface area contributed by atoms with Crippen molar-refractivity contribution in [2.75, 3.05) is 5.75 Å². The fourth-order valence-corrected chi connectivity index (χ4v) is 7.55. The number of carbonyl (C=O) groups is 1. The minimum atomic E-state index is 0.104. The summed E-state index contributed by atoms with van der Waals surface area (Å²) in [6, 6.07) is 4.01. The molecule has 4 saturated carbocycles. The van der Waals surface area contributed by atoms with Gasteiger partial charge in [-0.25, -0.2) is 0 Å². The minimum Gasteiger partial charge on any atom is -0.461 e. The highest BCUT2D eigenvalue weighted by Crippen LogP contribution is 2.61. The summed E-state index contributed by atoms with van der Waals surface area (Å²) in [6.07, 6.45) is 9.86. The highest BCUT2D eigenvalue weighted by atomic mass is 32.2.